The summed E-state index contributed by atoms with van der Waals surface area (Å²) in [5.41, 5.74) is 1.67. The molecule has 1 aromatic carbocycles. The van der Waals surface area contributed by atoms with Gasteiger partial charge in [-0.15, -0.1) is 0 Å². The van der Waals surface area contributed by atoms with Gasteiger partial charge < -0.3 is 17.7 Å². The fourth-order valence-electron chi connectivity index (χ4n) is 1.59. The molecule has 0 radical (unpaired) electrons. The van der Waals surface area contributed by atoms with Crippen LogP contribution in [0.2, 0.25) is 10.0 Å². The van der Waals surface area contributed by atoms with Crippen LogP contribution in [0, 0.1) is 6.92 Å². The highest BCUT2D eigenvalue weighted by atomic mass is 35.5. The summed E-state index contributed by atoms with van der Waals surface area (Å²) in [4.78, 5) is 11.9. The third kappa shape index (κ3) is 4.67. The van der Waals surface area contributed by atoms with E-state index in [9.17, 15) is 4.79 Å². The lowest BCUT2D eigenvalue weighted by atomic mass is 10.3. The summed E-state index contributed by atoms with van der Waals surface area (Å²) in [6.45, 7) is 2.22. The number of aromatic nitrogens is 1. The Labute approximate surface area is 133 Å². The molecule has 1 aromatic heterocycles. The fourth-order valence-corrected chi connectivity index (χ4v) is 1.92. The van der Waals surface area contributed by atoms with Crippen molar-refractivity contribution in [2.75, 3.05) is 5.32 Å². The number of halogens is 3. The first-order valence-corrected chi connectivity index (χ1v) is 6.51. The molecule has 1 N–H and O–H groups in total. The fraction of sp³-hybridized carbons (Fsp3) is 0.143. The number of anilines is 1. The van der Waals surface area contributed by atoms with Crippen LogP contribution < -0.4 is 22.3 Å². The monoisotopic (exact) mass is 330 g/mol. The number of hydrogen-bond donors (Lipinski definition) is 1. The van der Waals surface area contributed by atoms with Crippen molar-refractivity contribution in [2.24, 2.45) is 0 Å². The van der Waals surface area contributed by atoms with Gasteiger partial charge in [0.25, 0.3) is 5.91 Å². The predicted octanol–water partition coefficient (Wildman–Crippen LogP) is 0.232. The Morgan fingerprint density at radius 3 is 2.50 bits per heavy atom. The number of rotatable bonds is 3. The van der Waals surface area contributed by atoms with Crippen LogP contribution >= 0.6 is 23.2 Å². The number of nitrogens with zero attached hydrogens (tertiary/aromatic N) is 1. The second-order valence-corrected chi connectivity index (χ2v) is 5.06. The number of nitrogens with one attached hydrogen (secondary N) is 1. The molecule has 0 saturated heterocycles. The van der Waals surface area contributed by atoms with Gasteiger partial charge in [-0.3, -0.25) is 4.79 Å². The summed E-state index contributed by atoms with van der Waals surface area (Å²) in [7, 11) is 0. The molecule has 0 aliphatic rings. The molecule has 6 heteroatoms. The lowest BCUT2D eigenvalue weighted by molar-refractivity contribution is -0.684. The zero-order chi connectivity index (χ0) is 13.8. The van der Waals surface area contributed by atoms with E-state index >= 15 is 0 Å². The number of hydrogen-bond acceptors (Lipinski definition) is 1. The van der Waals surface area contributed by atoms with Crippen molar-refractivity contribution in [3.8, 4) is 0 Å². The quantitative estimate of drug-likeness (QED) is 0.803. The van der Waals surface area contributed by atoms with Gasteiger partial charge in [0, 0.05) is 17.2 Å². The second-order valence-electron chi connectivity index (χ2n) is 4.22. The highest BCUT2D eigenvalue weighted by Gasteiger charge is 2.11. The Morgan fingerprint density at radius 1 is 1.20 bits per heavy atom. The Bertz CT molecular complexity index is 600. The lowest BCUT2D eigenvalue weighted by Gasteiger charge is -2.06. The van der Waals surface area contributed by atoms with E-state index in [0.29, 0.717) is 15.7 Å². The highest BCUT2D eigenvalue weighted by molar-refractivity contribution is 6.35. The van der Waals surface area contributed by atoms with E-state index in [1.165, 1.54) is 0 Å². The van der Waals surface area contributed by atoms with E-state index in [2.05, 4.69) is 5.32 Å². The number of pyridine rings is 1. The van der Waals surface area contributed by atoms with Gasteiger partial charge in [-0.05, 0) is 30.7 Å². The molecule has 1 heterocycles. The topological polar surface area (TPSA) is 33.0 Å². The molecule has 20 heavy (non-hydrogen) atoms. The summed E-state index contributed by atoms with van der Waals surface area (Å²) in [6.07, 6.45) is 3.71. The van der Waals surface area contributed by atoms with Crippen molar-refractivity contribution < 1.29 is 21.8 Å². The molecule has 2 rings (SSSR count). The average Bonchev–Trinajstić information content (AvgIpc) is 2.37. The summed E-state index contributed by atoms with van der Waals surface area (Å²) in [6, 6.07) is 8.84. The van der Waals surface area contributed by atoms with Crippen molar-refractivity contribution >= 4 is 34.8 Å². The molecule has 0 aliphatic heterocycles. The zero-order valence-electron chi connectivity index (χ0n) is 10.7. The Hall–Kier alpha value is -1.29. The molecule has 0 bridgehead atoms. The van der Waals surface area contributed by atoms with Gasteiger partial charge in [0.2, 0.25) is 6.54 Å². The van der Waals surface area contributed by atoms with Crippen molar-refractivity contribution in [1.29, 1.82) is 0 Å². The van der Waals surface area contributed by atoms with E-state index < -0.39 is 0 Å². The first-order valence-electron chi connectivity index (χ1n) is 5.75. The Kier molecular flexibility index (Phi) is 6.27. The van der Waals surface area contributed by atoms with E-state index in [0.717, 1.165) is 5.56 Å². The molecule has 0 atom stereocenters. The third-order valence-electron chi connectivity index (χ3n) is 2.59. The highest BCUT2D eigenvalue weighted by Crippen LogP contribution is 2.25. The Balaban J connectivity index is 0.00000200. The average molecular weight is 332 g/mol. The third-order valence-corrected chi connectivity index (χ3v) is 3.15. The van der Waals surface area contributed by atoms with Crippen LogP contribution in [0.25, 0.3) is 0 Å². The summed E-state index contributed by atoms with van der Waals surface area (Å²) in [5.74, 6) is -0.155. The minimum absolute atomic E-state index is 0. The van der Waals surface area contributed by atoms with Crippen molar-refractivity contribution in [2.45, 2.75) is 13.5 Å². The maximum Gasteiger partial charge on any atom is 0.290 e. The molecule has 0 spiro atoms. The summed E-state index contributed by atoms with van der Waals surface area (Å²) < 4.78 is 1.79. The summed E-state index contributed by atoms with van der Waals surface area (Å²) >= 11 is 11.8. The first kappa shape index (κ1) is 16.8. The number of benzene rings is 1. The van der Waals surface area contributed by atoms with E-state index in [1.807, 2.05) is 31.5 Å². The zero-order valence-corrected chi connectivity index (χ0v) is 13.0. The largest absolute Gasteiger partial charge is 1.00 e. The second kappa shape index (κ2) is 7.48. The molecular weight excluding hydrogens is 319 g/mol. The number of aryl methyl sites for hydroxylation is 1. The maximum absolute atomic E-state index is 11.9. The van der Waals surface area contributed by atoms with Gasteiger partial charge >= 0.3 is 0 Å². The Morgan fingerprint density at radius 2 is 1.85 bits per heavy atom. The summed E-state index contributed by atoms with van der Waals surface area (Å²) in [5, 5.41) is 3.73. The minimum atomic E-state index is -0.155. The smallest absolute Gasteiger partial charge is 0.290 e. The normalized spacial score (nSPS) is 9.75. The molecule has 1 amide bonds. The van der Waals surface area contributed by atoms with E-state index in [1.54, 1.807) is 22.8 Å². The van der Waals surface area contributed by atoms with Gasteiger partial charge in [0.05, 0.1) is 10.7 Å². The predicted molar refractivity (Wildman–Crippen MR) is 76.5 cm³/mol. The number of carbonyl (C=O) groups is 1. The van der Waals surface area contributed by atoms with Crippen LogP contribution in [-0.4, -0.2) is 5.91 Å². The molecule has 0 saturated carbocycles. The lowest BCUT2D eigenvalue weighted by Crippen LogP contribution is -3.00. The minimum Gasteiger partial charge on any atom is -1.00 e. The van der Waals surface area contributed by atoms with Crippen LogP contribution in [-0.2, 0) is 11.3 Å². The van der Waals surface area contributed by atoms with Gasteiger partial charge in [-0.2, -0.15) is 4.57 Å². The van der Waals surface area contributed by atoms with E-state index in [-0.39, 0.29) is 24.9 Å². The van der Waals surface area contributed by atoms with Crippen LogP contribution in [0.4, 0.5) is 5.69 Å². The van der Waals surface area contributed by atoms with Gasteiger partial charge in [-0.25, -0.2) is 0 Å². The molecule has 0 aliphatic carbocycles. The molecule has 0 unspecified atom stereocenters. The SMILES string of the molecule is Cc1cc[n+](CC(=O)Nc2cc(Cl)ccc2Cl)cc1.[Cl-]. The maximum atomic E-state index is 11.9. The van der Waals surface area contributed by atoms with Crippen LogP contribution in [0.3, 0.4) is 0 Å². The molecular formula is C14H13Cl3N2O. The standard InChI is InChI=1S/C14H12Cl2N2O.ClH/c1-10-4-6-18(7-5-10)9-14(19)17-13-8-11(15)2-3-12(13)16;/h2-8H,9H2,1H3;1H. The van der Waals surface area contributed by atoms with Gasteiger partial charge in [-0.1, -0.05) is 23.2 Å². The van der Waals surface area contributed by atoms with Crippen molar-refractivity contribution in [3.63, 3.8) is 0 Å². The first-order chi connectivity index (χ1) is 9.04. The van der Waals surface area contributed by atoms with Crippen LogP contribution in [0.15, 0.2) is 42.7 Å². The number of amides is 1. The van der Waals surface area contributed by atoms with Crippen molar-refractivity contribution in [3.05, 3.63) is 58.3 Å². The molecule has 3 nitrogen and oxygen atoms in total. The van der Waals surface area contributed by atoms with E-state index in [4.69, 9.17) is 23.2 Å². The van der Waals surface area contributed by atoms with Gasteiger partial charge in [0.15, 0.2) is 12.4 Å². The molecule has 106 valence electrons. The van der Waals surface area contributed by atoms with Crippen LogP contribution in [0.5, 0.6) is 0 Å². The van der Waals surface area contributed by atoms with Crippen LogP contribution in [0.1, 0.15) is 5.56 Å². The van der Waals surface area contributed by atoms with Gasteiger partial charge in [0.1, 0.15) is 0 Å². The van der Waals surface area contributed by atoms with Crippen molar-refractivity contribution in [1.82, 2.24) is 0 Å². The molecule has 0 fully saturated rings. The molecule has 2 aromatic rings. The number of carbonyl (C=O) groups excluding carboxylic acids is 1.